The number of hydrogen-bond acceptors (Lipinski definition) is 1. The zero-order chi connectivity index (χ0) is 14.2. The molecule has 4 heteroatoms. The zero-order valence-electron chi connectivity index (χ0n) is 11.4. The number of benzene rings is 1. The average molecular weight is 312 g/mol. The van der Waals surface area contributed by atoms with E-state index in [9.17, 15) is 4.79 Å². The van der Waals surface area contributed by atoms with Crippen molar-refractivity contribution in [2.45, 2.75) is 54.3 Å². The van der Waals surface area contributed by atoms with Gasteiger partial charge in [0.25, 0.3) is 0 Å². The Balaban J connectivity index is 1.80. The summed E-state index contributed by atoms with van der Waals surface area (Å²) < 4.78 is -0.979. The van der Waals surface area contributed by atoms with Crippen molar-refractivity contribution in [1.82, 2.24) is 5.32 Å². The van der Waals surface area contributed by atoms with Crippen LogP contribution in [0.2, 0.25) is 0 Å². The first-order valence-electron chi connectivity index (χ1n) is 7.31. The largest absolute Gasteiger partial charge is 0.353 e. The van der Waals surface area contributed by atoms with Crippen molar-refractivity contribution >= 4 is 29.1 Å². The molecule has 1 amide bonds. The average Bonchev–Trinajstić information content (AvgIpc) is 3.05. The SMILES string of the molecule is O=C(NC1CCCCC1)C1(c2ccccc2)CC1(Cl)Cl. The van der Waals surface area contributed by atoms with Gasteiger partial charge in [-0.05, 0) is 18.4 Å². The highest BCUT2D eigenvalue weighted by Crippen LogP contribution is 2.65. The van der Waals surface area contributed by atoms with Gasteiger partial charge in [0.05, 0.1) is 0 Å². The molecule has 2 aliphatic carbocycles. The van der Waals surface area contributed by atoms with Gasteiger partial charge >= 0.3 is 0 Å². The first-order chi connectivity index (χ1) is 9.56. The summed E-state index contributed by atoms with van der Waals surface area (Å²) in [5.41, 5.74) is 0.146. The van der Waals surface area contributed by atoms with Crippen LogP contribution in [0.4, 0.5) is 0 Å². The number of halogens is 2. The number of rotatable bonds is 3. The summed E-state index contributed by atoms with van der Waals surface area (Å²) in [7, 11) is 0. The van der Waals surface area contributed by atoms with Crippen LogP contribution in [0.25, 0.3) is 0 Å². The molecule has 0 radical (unpaired) electrons. The van der Waals surface area contributed by atoms with Gasteiger partial charge in [-0.2, -0.15) is 0 Å². The minimum absolute atomic E-state index is 0.0133. The third-order valence-corrected chi connectivity index (χ3v) is 5.49. The van der Waals surface area contributed by atoms with Gasteiger partial charge in [-0.15, -0.1) is 23.2 Å². The number of carbonyl (C=O) groups is 1. The van der Waals surface area contributed by atoms with Crippen LogP contribution >= 0.6 is 23.2 Å². The lowest BCUT2D eigenvalue weighted by molar-refractivity contribution is -0.124. The van der Waals surface area contributed by atoms with Gasteiger partial charge in [-0.3, -0.25) is 4.79 Å². The maximum absolute atomic E-state index is 12.7. The number of carbonyl (C=O) groups excluding carboxylic acids is 1. The summed E-state index contributed by atoms with van der Waals surface area (Å²) in [5.74, 6) is -0.0133. The van der Waals surface area contributed by atoms with E-state index in [1.54, 1.807) is 0 Å². The summed E-state index contributed by atoms with van der Waals surface area (Å²) in [6.45, 7) is 0. The van der Waals surface area contributed by atoms with E-state index >= 15 is 0 Å². The van der Waals surface area contributed by atoms with Gasteiger partial charge in [0.2, 0.25) is 5.91 Å². The summed E-state index contributed by atoms with van der Waals surface area (Å²) in [6, 6.07) is 9.93. The fourth-order valence-corrected chi connectivity index (χ4v) is 4.05. The second kappa shape index (κ2) is 5.23. The summed E-state index contributed by atoms with van der Waals surface area (Å²) in [6.07, 6.45) is 6.27. The first kappa shape index (κ1) is 14.2. The van der Waals surface area contributed by atoms with E-state index in [1.165, 1.54) is 19.3 Å². The molecule has 2 nitrogen and oxygen atoms in total. The molecule has 3 rings (SSSR count). The Morgan fingerprint density at radius 1 is 1.10 bits per heavy atom. The maximum Gasteiger partial charge on any atom is 0.234 e. The van der Waals surface area contributed by atoms with Crippen molar-refractivity contribution in [1.29, 1.82) is 0 Å². The van der Waals surface area contributed by atoms with Crippen molar-refractivity contribution < 1.29 is 4.79 Å². The van der Waals surface area contributed by atoms with Crippen molar-refractivity contribution in [2.75, 3.05) is 0 Å². The molecule has 0 heterocycles. The molecule has 2 fully saturated rings. The van der Waals surface area contributed by atoms with Crippen molar-refractivity contribution in [3.8, 4) is 0 Å². The monoisotopic (exact) mass is 311 g/mol. The minimum Gasteiger partial charge on any atom is -0.353 e. The highest BCUT2D eigenvalue weighted by Gasteiger charge is 2.72. The second-order valence-corrected chi connectivity index (χ2v) is 7.44. The van der Waals surface area contributed by atoms with E-state index in [4.69, 9.17) is 23.2 Å². The molecule has 0 aliphatic heterocycles. The van der Waals surface area contributed by atoms with E-state index in [-0.39, 0.29) is 11.9 Å². The summed E-state index contributed by atoms with van der Waals surface area (Å²) >= 11 is 12.6. The fourth-order valence-electron chi connectivity index (χ4n) is 3.26. The molecular weight excluding hydrogens is 293 g/mol. The smallest absolute Gasteiger partial charge is 0.234 e. The van der Waals surface area contributed by atoms with Crippen LogP contribution in [0.3, 0.4) is 0 Å². The third-order valence-electron chi connectivity index (χ3n) is 4.58. The Morgan fingerprint density at radius 3 is 2.25 bits per heavy atom. The van der Waals surface area contributed by atoms with Crippen LogP contribution in [-0.2, 0) is 10.2 Å². The molecule has 0 aromatic heterocycles. The van der Waals surface area contributed by atoms with E-state index in [0.29, 0.717) is 6.42 Å². The van der Waals surface area contributed by atoms with Gasteiger partial charge in [-0.25, -0.2) is 0 Å². The molecule has 1 unspecified atom stereocenters. The predicted molar refractivity (Wildman–Crippen MR) is 82.2 cm³/mol. The molecule has 0 bridgehead atoms. The van der Waals surface area contributed by atoms with Gasteiger partial charge in [0.15, 0.2) is 0 Å². The fraction of sp³-hybridized carbons (Fsp3) is 0.562. The van der Waals surface area contributed by atoms with Crippen LogP contribution in [0.1, 0.15) is 44.1 Å². The number of nitrogens with one attached hydrogen (secondary N) is 1. The Hall–Kier alpha value is -0.730. The quantitative estimate of drug-likeness (QED) is 0.841. The van der Waals surface area contributed by atoms with Gasteiger partial charge in [-0.1, -0.05) is 49.6 Å². The highest BCUT2D eigenvalue weighted by molar-refractivity contribution is 6.54. The van der Waals surface area contributed by atoms with Crippen LogP contribution in [-0.4, -0.2) is 16.3 Å². The molecule has 0 spiro atoms. The highest BCUT2D eigenvalue weighted by atomic mass is 35.5. The van der Waals surface area contributed by atoms with Crippen LogP contribution in [0.15, 0.2) is 30.3 Å². The van der Waals surface area contributed by atoms with E-state index in [2.05, 4.69) is 5.32 Å². The van der Waals surface area contributed by atoms with Crippen LogP contribution in [0.5, 0.6) is 0 Å². The predicted octanol–water partition coefficient (Wildman–Crippen LogP) is 3.95. The lowest BCUT2D eigenvalue weighted by Gasteiger charge is -2.26. The first-order valence-corrected chi connectivity index (χ1v) is 8.06. The molecule has 0 saturated heterocycles. The van der Waals surface area contributed by atoms with Crippen LogP contribution < -0.4 is 5.32 Å². The summed E-state index contributed by atoms with van der Waals surface area (Å²) in [4.78, 5) is 12.7. The summed E-state index contributed by atoms with van der Waals surface area (Å²) in [5, 5.41) is 3.17. The Morgan fingerprint density at radius 2 is 1.70 bits per heavy atom. The molecule has 1 atom stereocenters. The van der Waals surface area contributed by atoms with Crippen LogP contribution in [0, 0.1) is 0 Å². The van der Waals surface area contributed by atoms with E-state index < -0.39 is 9.75 Å². The molecule has 20 heavy (non-hydrogen) atoms. The normalized spacial score (nSPS) is 28.9. The van der Waals surface area contributed by atoms with Gasteiger partial charge < -0.3 is 5.32 Å². The Labute approximate surface area is 129 Å². The molecule has 1 aromatic rings. The molecule has 2 aliphatic rings. The van der Waals surface area contributed by atoms with Crippen molar-refractivity contribution in [3.63, 3.8) is 0 Å². The topological polar surface area (TPSA) is 29.1 Å². The lowest BCUT2D eigenvalue weighted by Crippen LogP contribution is -2.44. The second-order valence-electron chi connectivity index (χ2n) is 5.96. The molecule has 108 valence electrons. The minimum atomic E-state index is -0.979. The van der Waals surface area contributed by atoms with Gasteiger partial charge in [0, 0.05) is 12.5 Å². The Kier molecular flexibility index (Phi) is 3.72. The van der Waals surface area contributed by atoms with E-state index in [1.807, 2.05) is 30.3 Å². The number of alkyl halides is 2. The molecular formula is C16H19Cl2NO. The third kappa shape index (κ3) is 2.33. The van der Waals surface area contributed by atoms with Crippen molar-refractivity contribution in [3.05, 3.63) is 35.9 Å². The molecule has 2 saturated carbocycles. The number of hydrogen-bond donors (Lipinski definition) is 1. The number of amides is 1. The lowest BCUT2D eigenvalue weighted by atomic mass is 9.91. The van der Waals surface area contributed by atoms with Crippen molar-refractivity contribution in [2.24, 2.45) is 0 Å². The maximum atomic E-state index is 12.7. The standard InChI is InChI=1S/C16H19Cl2NO/c17-16(18)11-15(16,12-7-3-1-4-8-12)14(20)19-13-9-5-2-6-10-13/h1,3-4,7-8,13H,2,5-6,9-11H2,(H,19,20). The molecule has 1 N–H and O–H groups in total. The molecule has 1 aromatic carbocycles. The zero-order valence-corrected chi connectivity index (χ0v) is 12.9. The van der Waals surface area contributed by atoms with E-state index in [0.717, 1.165) is 18.4 Å². The Bertz CT molecular complexity index is 496. The van der Waals surface area contributed by atoms with Gasteiger partial charge in [0.1, 0.15) is 9.75 Å².